The molecule has 1 aromatic heterocycles. The molecule has 1 aromatic carbocycles. The second-order valence-electron chi connectivity index (χ2n) is 5.02. The first-order valence-corrected chi connectivity index (χ1v) is 8.00. The molecule has 0 fully saturated rings. The second kappa shape index (κ2) is 6.95. The van der Waals surface area contributed by atoms with Gasteiger partial charge in [-0.2, -0.15) is 0 Å². The molecule has 2 rings (SSSR count). The van der Waals surface area contributed by atoms with Crippen molar-refractivity contribution in [2.45, 2.75) is 32.7 Å². The summed E-state index contributed by atoms with van der Waals surface area (Å²) in [7, 11) is 0. The highest BCUT2D eigenvalue weighted by Crippen LogP contribution is 2.28. The third-order valence-corrected chi connectivity index (χ3v) is 4.19. The summed E-state index contributed by atoms with van der Waals surface area (Å²) in [5.41, 5.74) is 1.43. The lowest BCUT2D eigenvalue weighted by molar-refractivity contribution is 0.290. The summed E-state index contributed by atoms with van der Waals surface area (Å²) in [6, 6.07) is 3.00. The Hall–Kier alpha value is -0.840. The van der Waals surface area contributed by atoms with E-state index in [2.05, 4.69) is 23.7 Å². The summed E-state index contributed by atoms with van der Waals surface area (Å²) >= 11 is 12.1. The Morgan fingerprint density at radius 2 is 2.00 bits per heavy atom. The van der Waals surface area contributed by atoms with Crippen molar-refractivity contribution in [2.24, 2.45) is 0 Å². The molecule has 0 saturated heterocycles. The Balaban J connectivity index is 2.43. The number of benzene rings is 1. The third-order valence-electron chi connectivity index (χ3n) is 3.71. The van der Waals surface area contributed by atoms with Crippen LogP contribution in [0, 0.1) is 5.82 Å². The van der Waals surface area contributed by atoms with Crippen LogP contribution in [0.4, 0.5) is 4.39 Å². The molecule has 0 aliphatic carbocycles. The first-order valence-electron chi connectivity index (χ1n) is 7.19. The van der Waals surface area contributed by atoms with E-state index in [1.807, 2.05) is 11.5 Å². The molecule has 116 valence electrons. The Morgan fingerprint density at radius 1 is 1.33 bits per heavy atom. The Kier molecular flexibility index (Phi) is 5.47. The summed E-state index contributed by atoms with van der Waals surface area (Å²) in [5, 5.41) is -0.129. The molecule has 6 heteroatoms. The quantitative estimate of drug-likeness (QED) is 0.728. The van der Waals surface area contributed by atoms with Crippen LogP contribution in [0.3, 0.4) is 0 Å². The van der Waals surface area contributed by atoms with Gasteiger partial charge in [0.15, 0.2) is 0 Å². The van der Waals surface area contributed by atoms with E-state index < -0.39 is 5.82 Å². The van der Waals surface area contributed by atoms with Gasteiger partial charge in [0, 0.05) is 19.2 Å². The molecule has 0 spiro atoms. The van der Waals surface area contributed by atoms with Crippen molar-refractivity contribution in [1.29, 1.82) is 0 Å². The van der Waals surface area contributed by atoms with Crippen LogP contribution < -0.4 is 0 Å². The number of hydrogen-bond donors (Lipinski definition) is 0. The van der Waals surface area contributed by atoms with Crippen molar-refractivity contribution in [2.75, 3.05) is 19.6 Å². The first kappa shape index (κ1) is 16.5. The van der Waals surface area contributed by atoms with Gasteiger partial charge in [-0.3, -0.25) is 0 Å². The molecule has 0 aliphatic rings. The zero-order valence-corrected chi connectivity index (χ0v) is 14.0. The maximum absolute atomic E-state index is 13.6. The predicted octanol–water partition coefficient (Wildman–Crippen LogP) is 4.47. The van der Waals surface area contributed by atoms with Crippen LogP contribution in [-0.2, 0) is 6.54 Å². The van der Waals surface area contributed by atoms with Gasteiger partial charge in [-0.25, -0.2) is 9.37 Å². The topological polar surface area (TPSA) is 21.1 Å². The molecule has 1 atom stereocenters. The Bertz CT molecular complexity index is 621. The second-order valence-corrected chi connectivity index (χ2v) is 6.08. The number of halogens is 3. The summed E-state index contributed by atoms with van der Waals surface area (Å²) in [6.45, 7) is 9.76. The van der Waals surface area contributed by atoms with Gasteiger partial charge in [0.05, 0.1) is 21.4 Å². The van der Waals surface area contributed by atoms with Gasteiger partial charge in [0.2, 0.25) is 0 Å². The molecule has 0 N–H and O–H groups in total. The summed E-state index contributed by atoms with van der Waals surface area (Å²) in [5.74, 6) is 0.298. The highest BCUT2D eigenvalue weighted by atomic mass is 35.5. The lowest BCUT2D eigenvalue weighted by Crippen LogP contribution is -2.27. The summed E-state index contributed by atoms with van der Waals surface area (Å²) in [4.78, 5) is 6.78. The molecule has 1 heterocycles. The molecular formula is C15H20Cl2FN3. The molecule has 0 aliphatic heterocycles. The smallest absolute Gasteiger partial charge is 0.144 e. The maximum Gasteiger partial charge on any atom is 0.144 e. The first-order chi connectivity index (χ1) is 9.97. The highest BCUT2D eigenvalue weighted by Gasteiger charge is 2.17. The van der Waals surface area contributed by atoms with Crippen molar-refractivity contribution in [3.05, 3.63) is 28.8 Å². The Morgan fingerprint density at radius 3 is 2.57 bits per heavy atom. The predicted molar refractivity (Wildman–Crippen MR) is 86.8 cm³/mol. The number of hydrogen-bond acceptors (Lipinski definition) is 2. The van der Waals surface area contributed by atoms with E-state index in [1.165, 1.54) is 6.07 Å². The lowest BCUT2D eigenvalue weighted by Gasteiger charge is -2.19. The van der Waals surface area contributed by atoms with Crippen LogP contribution in [-0.4, -0.2) is 34.1 Å². The minimum atomic E-state index is -0.452. The Labute approximate surface area is 134 Å². The minimum Gasteiger partial charge on any atom is -0.325 e. The largest absolute Gasteiger partial charge is 0.325 e. The minimum absolute atomic E-state index is 0.111. The zero-order chi connectivity index (χ0) is 15.6. The van der Waals surface area contributed by atoms with Crippen LogP contribution in [0.25, 0.3) is 11.0 Å². The average Bonchev–Trinajstić information content (AvgIpc) is 2.79. The molecule has 0 saturated carbocycles. The number of rotatable bonds is 6. The highest BCUT2D eigenvalue weighted by molar-refractivity contribution is 6.31. The SMILES string of the molecule is CCN(CC)CCn1c(C(C)Cl)nc2cc(F)c(Cl)cc21. The van der Waals surface area contributed by atoms with Gasteiger partial charge in [0.1, 0.15) is 11.6 Å². The molecule has 0 bridgehead atoms. The van der Waals surface area contributed by atoms with Crippen molar-refractivity contribution < 1.29 is 4.39 Å². The number of imidazole rings is 1. The molecule has 2 aromatic rings. The van der Waals surface area contributed by atoms with Gasteiger partial charge >= 0.3 is 0 Å². The standard InChI is InChI=1S/C15H20Cl2FN3/c1-4-20(5-2)6-7-21-14-8-11(17)12(18)9-13(14)19-15(21)10(3)16/h8-10H,4-7H2,1-3H3. The van der Waals surface area contributed by atoms with Crippen molar-refractivity contribution in [3.63, 3.8) is 0 Å². The van der Waals surface area contributed by atoms with Gasteiger partial charge in [-0.1, -0.05) is 25.4 Å². The van der Waals surface area contributed by atoms with E-state index in [4.69, 9.17) is 23.2 Å². The molecule has 3 nitrogen and oxygen atoms in total. The maximum atomic E-state index is 13.6. The zero-order valence-electron chi connectivity index (χ0n) is 12.5. The average molecular weight is 332 g/mol. The molecule has 0 radical (unpaired) electrons. The molecule has 0 amide bonds. The van der Waals surface area contributed by atoms with E-state index in [-0.39, 0.29) is 10.4 Å². The van der Waals surface area contributed by atoms with Crippen molar-refractivity contribution in [3.8, 4) is 0 Å². The summed E-state index contributed by atoms with van der Waals surface area (Å²) in [6.07, 6.45) is 0. The third kappa shape index (κ3) is 3.50. The number of alkyl halides is 1. The fourth-order valence-corrected chi connectivity index (χ4v) is 2.78. The monoisotopic (exact) mass is 331 g/mol. The summed E-state index contributed by atoms with van der Waals surface area (Å²) < 4.78 is 15.6. The lowest BCUT2D eigenvalue weighted by atomic mass is 10.3. The van der Waals surface area contributed by atoms with E-state index in [1.54, 1.807) is 6.07 Å². The molecular weight excluding hydrogens is 312 g/mol. The van der Waals surface area contributed by atoms with E-state index in [0.29, 0.717) is 5.52 Å². The van der Waals surface area contributed by atoms with Crippen LogP contribution in [0.15, 0.2) is 12.1 Å². The van der Waals surface area contributed by atoms with Gasteiger partial charge in [-0.15, -0.1) is 11.6 Å². The number of fused-ring (bicyclic) bond motifs is 1. The van der Waals surface area contributed by atoms with Gasteiger partial charge < -0.3 is 9.47 Å². The van der Waals surface area contributed by atoms with Crippen LogP contribution >= 0.6 is 23.2 Å². The van der Waals surface area contributed by atoms with Crippen LogP contribution in [0.2, 0.25) is 5.02 Å². The molecule has 21 heavy (non-hydrogen) atoms. The van der Waals surface area contributed by atoms with Crippen LogP contribution in [0.5, 0.6) is 0 Å². The normalized spacial score (nSPS) is 13.3. The number of nitrogens with zero attached hydrogens (tertiary/aromatic N) is 3. The van der Waals surface area contributed by atoms with Crippen molar-refractivity contribution in [1.82, 2.24) is 14.5 Å². The number of likely N-dealkylation sites (N-methyl/N-ethyl adjacent to an activating group) is 1. The van der Waals surface area contributed by atoms with Crippen LogP contribution in [0.1, 0.15) is 32.0 Å². The fourth-order valence-electron chi connectivity index (χ4n) is 2.46. The molecule has 1 unspecified atom stereocenters. The van der Waals surface area contributed by atoms with E-state index >= 15 is 0 Å². The van der Waals surface area contributed by atoms with Gasteiger partial charge in [-0.05, 0) is 26.1 Å². The number of aromatic nitrogens is 2. The fraction of sp³-hybridized carbons (Fsp3) is 0.533. The van der Waals surface area contributed by atoms with E-state index in [0.717, 1.165) is 37.5 Å². The van der Waals surface area contributed by atoms with E-state index in [9.17, 15) is 4.39 Å². The van der Waals surface area contributed by atoms with Gasteiger partial charge in [0.25, 0.3) is 0 Å². The van der Waals surface area contributed by atoms with Crippen molar-refractivity contribution >= 4 is 34.2 Å².